The van der Waals surface area contributed by atoms with Gasteiger partial charge in [0.25, 0.3) is 0 Å². The molecule has 0 aromatic heterocycles. The molecule has 0 unspecified atom stereocenters. The lowest BCUT2D eigenvalue weighted by Crippen LogP contribution is -2.37. The minimum atomic E-state index is -0.671. The fourth-order valence-electron chi connectivity index (χ4n) is 3.60. The second-order valence-electron chi connectivity index (χ2n) is 7.65. The van der Waals surface area contributed by atoms with Crippen LogP contribution in [0.2, 0.25) is 0 Å². The average Bonchev–Trinajstić information content (AvgIpc) is 3.24. The maximum Gasteiger partial charge on any atom is 0.241 e. The third-order valence-corrected chi connectivity index (χ3v) is 6.59. The van der Waals surface area contributed by atoms with Crippen LogP contribution in [0.3, 0.4) is 0 Å². The maximum absolute atomic E-state index is 12.7. The molecule has 1 saturated heterocycles. The zero-order chi connectivity index (χ0) is 21.5. The van der Waals surface area contributed by atoms with E-state index in [-0.39, 0.29) is 5.91 Å². The molecule has 8 heteroatoms. The molecular weight excluding hydrogens is 510 g/mol. The predicted octanol–water partition coefficient (Wildman–Crippen LogP) is 4.20. The van der Waals surface area contributed by atoms with E-state index in [0.717, 1.165) is 45.4 Å². The fourth-order valence-corrected chi connectivity index (χ4v) is 4.89. The zero-order valence-corrected chi connectivity index (χ0v) is 20.1. The average molecular weight is 539 g/mol. The third kappa shape index (κ3) is 6.44. The Kier molecular flexibility index (Phi) is 8.56. The summed E-state index contributed by atoms with van der Waals surface area (Å²) in [6.07, 6.45) is 4.11. The molecule has 1 fully saturated rings. The normalized spacial score (nSPS) is 15.2. The number of nitrogens with zero attached hydrogens (tertiary/aromatic N) is 1. The van der Waals surface area contributed by atoms with Crippen LogP contribution in [0, 0.1) is 0 Å². The van der Waals surface area contributed by atoms with Crippen molar-refractivity contribution in [3.8, 4) is 0 Å². The summed E-state index contributed by atoms with van der Waals surface area (Å²) in [7, 11) is 0. The van der Waals surface area contributed by atoms with Gasteiger partial charge in [0.15, 0.2) is 0 Å². The quantitative estimate of drug-likeness (QED) is 0.283. The summed E-state index contributed by atoms with van der Waals surface area (Å²) in [6, 6.07) is 10.9. The first kappa shape index (κ1) is 23.1. The number of amides is 1. The fraction of sp³-hybridized carbons (Fsp3) is 0.409. The van der Waals surface area contributed by atoms with Gasteiger partial charge in [-0.2, -0.15) is 0 Å². The predicted molar refractivity (Wildman–Crippen MR) is 132 cm³/mol. The first-order valence-electron chi connectivity index (χ1n) is 10.3. The summed E-state index contributed by atoms with van der Waals surface area (Å²) in [5.74, 6) is -0.217. The second-order valence-corrected chi connectivity index (χ2v) is 9.36. The molecule has 6 nitrogen and oxygen atoms in total. The van der Waals surface area contributed by atoms with E-state index in [0.29, 0.717) is 12.1 Å². The topological polar surface area (TPSA) is 96.4 Å². The molecule has 2 aromatic rings. The lowest BCUT2D eigenvalue weighted by atomic mass is 10.1. The molecule has 162 valence electrons. The van der Waals surface area contributed by atoms with E-state index in [2.05, 4.69) is 47.4 Å². The molecule has 1 aliphatic heterocycles. The van der Waals surface area contributed by atoms with Gasteiger partial charge < -0.3 is 27.0 Å². The van der Waals surface area contributed by atoms with Gasteiger partial charge in [0.05, 0.1) is 23.1 Å². The molecule has 1 amide bonds. The van der Waals surface area contributed by atoms with Crippen LogP contribution in [-0.2, 0) is 11.2 Å². The van der Waals surface area contributed by atoms with E-state index >= 15 is 0 Å². The highest BCUT2D eigenvalue weighted by Crippen LogP contribution is 2.30. The Labute approximate surface area is 195 Å². The summed E-state index contributed by atoms with van der Waals surface area (Å²) in [4.78, 5) is 15.2. The Morgan fingerprint density at radius 3 is 2.40 bits per heavy atom. The van der Waals surface area contributed by atoms with Gasteiger partial charge in [-0.05, 0) is 107 Å². The molecular formula is C22H29Br2N5O. The van der Waals surface area contributed by atoms with Gasteiger partial charge in [-0.25, -0.2) is 0 Å². The molecule has 30 heavy (non-hydrogen) atoms. The molecule has 6 N–H and O–H groups in total. The highest BCUT2D eigenvalue weighted by molar-refractivity contribution is 9.11. The van der Waals surface area contributed by atoms with Gasteiger partial charge in [0.1, 0.15) is 0 Å². The molecule has 0 aliphatic carbocycles. The van der Waals surface area contributed by atoms with E-state index in [9.17, 15) is 4.79 Å². The minimum absolute atomic E-state index is 0.217. The van der Waals surface area contributed by atoms with Crippen molar-refractivity contribution in [2.45, 2.75) is 31.7 Å². The first-order chi connectivity index (χ1) is 14.4. The van der Waals surface area contributed by atoms with E-state index in [1.807, 2.05) is 36.4 Å². The van der Waals surface area contributed by atoms with Gasteiger partial charge in [0.2, 0.25) is 5.91 Å². The van der Waals surface area contributed by atoms with Gasteiger partial charge >= 0.3 is 0 Å². The van der Waals surface area contributed by atoms with E-state index in [1.165, 1.54) is 25.9 Å². The largest absolute Gasteiger partial charge is 0.397 e. The second kappa shape index (κ2) is 11.1. The summed E-state index contributed by atoms with van der Waals surface area (Å²) in [5.41, 5.74) is 15.3. The molecule has 1 atom stereocenters. The van der Waals surface area contributed by atoms with E-state index < -0.39 is 6.04 Å². The van der Waals surface area contributed by atoms with Crippen molar-refractivity contribution in [1.82, 2.24) is 4.90 Å². The van der Waals surface area contributed by atoms with Crippen molar-refractivity contribution in [3.05, 3.63) is 50.9 Å². The number of likely N-dealkylation sites (tertiary alicyclic amines) is 1. The van der Waals surface area contributed by atoms with Crippen LogP contribution in [0.25, 0.3) is 0 Å². The minimum Gasteiger partial charge on any atom is -0.397 e. The molecule has 1 heterocycles. The summed E-state index contributed by atoms with van der Waals surface area (Å²) >= 11 is 6.86. The standard InChI is InChI=1S/C22H29Br2N5O/c23-16-12-15(13-17(24)21(16)26)14-18(25)22(30)28-20-7-2-1-6-19(20)27-8-5-11-29-9-3-4-10-29/h1-2,6-7,12-13,18,27H,3-5,8-11,14,25-26H2,(H,28,30)/t18-/m1/s1. The number of halogens is 2. The van der Waals surface area contributed by atoms with Crippen LogP contribution in [0.15, 0.2) is 45.3 Å². The number of hydrogen-bond acceptors (Lipinski definition) is 5. The summed E-state index contributed by atoms with van der Waals surface area (Å²) in [6.45, 7) is 4.40. The number of nitrogens with one attached hydrogen (secondary N) is 2. The number of anilines is 3. The van der Waals surface area contributed by atoms with Crippen molar-refractivity contribution in [2.75, 3.05) is 42.5 Å². The SMILES string of the molecule is Nc1c(Br)cc(C[C@@H](N)C(=O)Nc2ccccc2NCCCN2CCCC2)cc1Br. The van der Waals surface area contributed by atoms with Crippen molar-refractivity contribution < 1.29 is 4.79 Å². The Morgan fingerprint density at radius 1 is 1.10 bits per heavy atom. The Balaban J connectivity index is 1.54. The number of carbonyl (C=O) groups excluding carboxylic acids is 1. The van der Waals surface area contributed by atoms with Crippen LogP contribution in [-0.4, -0.2) is 43.0 Å². The van der Waals surface area contributed by atoms with Crippen LogP contribution in [0.5, 0.6) is 0 Å². The van der Waals surface area contributed by atoms with Gasteiger partial charge in [0, 0.05) is 15.5 Å². The lowest BCUT2D eigenvalue weighted by molar-refractivity contribution is -0.117. The molecule has 2 aromatic carbocycles. The summed E-state index contributed by atoms with van der Waals surface area (Å²) in [5, 5.41) is 6.41. The maximum atomic E-state index is 12.7. The number of para-hydroxylation sites is 2. The van der Waals surface area contributed by atoms with Crippen LogP contribution in [0.1, 0.15) is 24.8 Å². The van der Waals surface area contributed by atoms with Crippen molar-refractivity contribution >= 4 is 54.8 Å². The van der Waals surface area contributed by atoms with Crippen molar-refractivity contribution in [3.63, 3.8) is 0 Å². The third-order valence-electron chi connectivity index (χ3n) is 5.28. The van der Waals surface area contributed by atoms with E-state index in [4.69, 9.17) is 11.5 Å². The lowest BCUT2D eigenvalue weighted by Gasteiger charge is -2.18. The number of hydrogen-bond donors (Lipinski definition) is 4. The molecule has 0 radical (unpaired) electrons. The number of benzene rings is 2. The Morgan fingerprint density at radius 2 is 1.73 bits per heavy atom. The number of carbonyl (C=O) groups is 1. The van der Waals surface area contributed by atoms with E-state index in [1.54, 1.807) is 0 Å². The molecule has 0 saturated carbocycles. The van der Waals surface area contributed by atoms with Crippen molar-refractivity contribution in [1.29, 1.82) is 0 Å². The van der Waals surface area contributed by atoms with Crippen molar-refractivity contribution in [2.24, 2.45) is 5.73 Å². The summed E-state index contributed by atoms with van der Waals surface area (Å²) < 4.78 is 1.56. The van der Waals surface area contributed by atoms with Crippen LogP contribution < -0.4 is 22.1 Å². The molecule has 0 spiro atoms. The van der Waals surface area contributed by atoms with Gasteiger partial charge in [-0.1, -0.05) is 12.1 Å². The Bertz CT molecular complexity index is 847. The monoisotopic (exact) mass is 537 g/mol. The Hall–Kier alpha value is -1.61. The zero-order valence-electron chi connectivity index (χ0n) is 17.0. The van der Waals surface area contributed by atoms with Gasteiger partial charge in [-0.3, -0.25) is 4.79 Å². The number of nitrogen functional groups attached to an aromatic ring is 1. The molecule has 3 rings (SSSR count). The van der Waals surface area contributed by atoms with Gasteiger partial charge in [-0.15, -0.1) is 0 Å². The number of rotatable bonds is 9. The smallest absolute Gasteiger partial charge is 0.241 e. The highest BCUT2D eigenvalue weighted by atomic mass is 79.9. The molecule has 0 bridgehead atoms. The number of nitrogens with two attached hydrogens (primary N) is 2. The van der Waals surface area contributed by atoms with Crippen LogP contribution in [0.4, 0.5) is 17.1 Å². The first-order valence-corrected chi connectivity index (χ1v) is 11.9. The highest BCUT2D eigenvalue weighted by Gasteiger charge is 2.17. The van der Waals surface area contributed by atoms with Crippen LogP contribution >= 0.6 is 31.9 Å². The molecule has 1 aliphatic rings.